The fourth-order valence-electron chi connectivity index (χ4n) is 4.87. The molecule has 1 unspecified atom stereocenters. The molecule has 3 amide bonds. The van der Waals surface area contributed by atoms with Crippen molar-refractivity contribution in [3.63, 3.8) is 0 Å². The lowest BCUT2D eigenvalue weighted by Crippen LogP contribution is -2.62. The number of amides is 3. The number of nitrogens with one attached hydrogen (secondary N) is 2. The molecule has 0 saturated carbocycles. The zero-order chi connectivity index (χ0) is 30.0. The Morgan fingerprint density at radius 3 is 2.48 bits per heavy atom. The summed E-state index contributed by atoms with van der Waals surface area (Å²) in [4.78, 5) is 70.1. The molecule has 10 nitrogen and oxygen atoms in total. The van der Waals surface area contributed by atoms with E-state index in [9.17, 15) is 24.0 Å². The van der Waals surface area contributed by atoms with Crippen LogP contribution in [0.4, 0.5) is 0 Å². The first-order chi connectivity index (χ1) is 20.1. The van der Waals surface area contributed by atoms with Crippen molar-refractivity contribution in [2.45, 2.75) is 38.5 Å². The highest BCUT2D eigenvalue weighted by Crippen LogP contribution is 2.30. The monoisotopic (exact) mass is 606 g/mol. The number of halogens is 2. The number of piperidine rings is 1. The van der Waals surface area contributed by atoms with E-state index in [4.69, 9.17) is 27.9 Å². The zero-order valence-corrected chi connectivity index (χ0v) is 23.8. The van der Waals surface area contributed by atoms with E-state index in [1.54, 1.807) is 36.4 Å². The predicted octanol–water partition coefficient (Wildman–Crippen LogP) is 3.82. The Morgan fingerprint density at radius 2 is 1.76 bits per heavy atom. The number of hydrogen-bond acceptors (Lipinski definition) is 7. The third-order valence-corrected chi connectivity index (χ3v) is 7.75. The molecular formula is C30H24Cl2N4O6. The summed E-state index contributed by atoms with van der Waals surface area (Å²) in [6.45, 7) is 1.42. The molecule has 3 aromatic carbocycles. The maximum absolute atomic E-state index is 14.0. The van der Waals surface area contributed by atoms with Crippen LogP contribution in [0.2, 0.25) is 10.0 Å². The lowest BCUT2D eigenvalue weighted by Gasteiger charge is -2.35. The van der Waals surface area contributed by atoms with E-state index in [1.165, 1.54) is 31.2 Å². The van der Waals surface area contributed by atoms with E-state index in [1.807, 2.05) is 6.07 Å². The quantitative estimate of drug-likeness (QED) is 0.185. The highest BCUT2D eigenvalue weighted by molar-refractivity contribution is 6.42. The second-order valence-electron chi connectivity index (χ2n) is 9.76. The second kappa shape index (κ2) is 11.8. The molecule has 2 heterocycles. The first-order valence-corrected chi connectivity index (χ1v) is 13.7. The number of esters is 1. The summed E-state index contributed by atoms with van der Waals surface area (Å²) >= 11 is 11.9. The van der Waals surface area contributed by atoms with Crippen LogP contribution >= 0.6 is 23.2 Å². The number of imide groups is 1. The fourth-order valence-corrected chi connectivity index (χ4v) is 5.17. The smallest absolute Gasteiger partial charge is 0.342 e. The van der Waals surface area contributed by atoms with E-state index in [0.717, 1.165) is 4.57 Å². The minimum Gasteiger partial charge on any atom is -0.459 e. The van der Waals surface area contributed by atoms with Gasteiger partial charge in [0.05, 0.1) is 20.9 Å². The Balaban J connectivity index is 1.50. The summed E-state index contributed by atoms with van der Waals surface area (Å²) in [6, 6.07) is 18.2. The maximum atomic E-state index is 14.0. The highest BCUT2D eigenvalue weighted by atomic mass is 35.5. The number of fused-ring (bicyclic) bond motifs is 1. The number of carbonyl (C=O) groups excluding carboxylic acids is 4. The van der Waals surface area contributed by atoms with Gasteiger partial charge in [-0.2, -0.15) is 0 Å². The van der Waals surface area contributed by atoms with Crippen LogP contribution < -0.4 is 16.2 Å². The molecule has 42 heavy (non-hydrogen) atoms. The maximum Gasteiger partial charge on any atom is 0.342 e. The summed E-state index contributed by atoms with van der Waals surface area (Å²) < 4.78 is 6.54. The summed E-state index contributed by atoms with van der Waals surface area (Å²) in [7, 11) is 0. The lowest BCUT2D eigenvalue weighted by molar-refractivity contribution is -0.164. The number of ether oxygens (including phenoxy) is 1. The molecular weight excluding hydrogens is 583 g/mol. The Labute approximate surface area is 249 Å². The van der Waals surface area contributed by atoms with Gasteiger partial charge >= 0.3 is 5.97 Å². The van der Waals surface area contributed by atoms with Crippen LogP contribution in [0.1, 0.15) is 40.2 Å². The number of rotatable bonds is 7. The van der Waals surface area contributed by atoms with Crippen molar-refractivity contribution in [3.8, 4) is 0 Å². The van der Waals surface area contributed by atoms with Gasteiger partial charge in [0.15, 0.2) is 0 Å². The molecule has 0 radical (unpaired) electrons. The van der Waals surface area contributed by atoms with Gasteiger partial charge in [-0.15, -0.1) is 0 Å². The van der Waals surface area contributed by atoms with Crippen molar-refractivity contribution in [2.75, 3.05) is 0 Å². The second-order valence-corrected chi connectivity index (χ2v) is 10.6. The molecule has 5 rings (SSSR count). The van der Waals surface area contributed by atoms with Crippen LogP contribution in [-0.2, 0) is 37.8 Å². The van der Waals surface area contributed by atoms with Gasteiger partial charge in [-0.25, -0.2) is 9.78 Å². The molecule has 1 aromatic heterocycles. The number of carbonyl (C=O) groups is 4. The van der Waals surface area contributed by atoms with Gasteiger partial charge in [0.1, 0.15) is 12.4 Å². The van der Waals surface area contributed by atoms with Crippen LogP contribution in [0.5, 0.6) is 0 Å². The fraction of sp³-hybridized carbons (Fsp3) is 0.200. The third-order valence-electron chi connectivity index (χ3n) is 7.01. The van der Waals surface area contributed by atoms with Gasteiger partial charge in [-0.3, -0.25) is 29.1 Å². The van der Waals surface area contributed by atoms with E-state index in [0.29, 0.717) is 27.2 Å². The first kappa shape index (κ1) is 29.0. The summed E-state index contributed by atoms with van der Waals surface area (Å²) in [5.74, 6) is -2.82. The standard InChI is InChI=1S/C30H24Cl2N4O6/c1-17-34-24-10-7-19(15-33-26(38)20-8-9-22(31)23(32)14-20)13-21(24)27(39)36(17)30(12-11-25(37)35-28(30)40)29(41)42-16-18-5-3-2-4-6-18/h2-10,13-14H,11-12,15-16H2,1H3,(H,33,38)(H,35,37,40). The van der Waals surface area contributed by atoms with Crippen molar-refractivity contribution in [3.05, 3.63) is 110 Å². The van der Waals surface area contributed by atoms with Gasteiger partial charge in [0.2, 0.25) is 11.4 Å². The average Bonchev–Trinajstić information content (AvgIpc) is 2.98. The zero-order valence-electron chi connectivity index (χ0n) is 22.3. The van der Waals surface area contributed by atoms with E-state index >= 15 is 0 Å². The number of hydrogen-bond donors (Lipinski definition) is 2. The lowest BCUT2D eigenvalue weighted by atomic mass is 9.87. The van der Waals surface area contributed by atoms with Crippen molar-refractivity contribution in [2.24, 2.45) is 0 Å². The molecule has 0 aliphatic carbocycles. The summed E-state index contributed by atoms with van der Waals surface area (Å²) in [5, 5.41) is 5.62. The molecule has 12 heteroatoms. The van der Waals surface area contributed by atoms with Crippen molar-refractivity contribution in [1.29, 1.82) is 0 Å². The minimum atomic E-state index is -2.15. The van der Waals surface area contributed by atoms with Crippen LogP contribution in [0.15, 0.2) is 71.5 Å². The molecule has 214 valence electrons. The third kappa shape index (κ3) is 5.50. The highest BCUT2D eigenvalue weighted by Gasteiger charge is 2.54. The first-order valence-electron chi connectivity index (χ1n) is 12.9. The van der Waals surface area contributed by atoms with Crippen LogP contribution in [0.25, 0.3) is 10.9 Å². The topological polar surface area (TPSA) is 136 Å². The Morgan fingerprint density at radius 1 is 1.00 bits per heavy atom. The largest absolute Gasteiger partial charge is 0.459 e. The Hall–Kier alpha value is -4.54. The molecule has 0 bridgehead atoms. The molecule has 1 aliphatic heterocycles. The molecule has 1 atom stereocenters. The number of aromatic nitrogens is 2. The normalized spacial score (nSPS) is 16.6. The molecule has 1 saturated heterocycles. The predicted molar refractivity (Wildman–Crippen MR) is 155 cm³/mol. The van der Waals surface area contributed by atoms with Crippen molar-refractivity contribution >= 4 is 57.8 Å². The Kier molecular flexibility index (Phi) is 8.11. The Bertz CT molecular complexity index is 1810. The van der Waals surface area contributed by atoms with Gasteiger partial charge in [0, 0.05) is 18.5 Å². The SMILES string of the molecule is Cc1nc2ccc(CNC(=O)c3ccc(Cl)c(Cl)c3)cc2c(=O)n1C1(C(=O)OCc2ccccc2)CCC(=O)NC1=O. The molecule has 1 aliphatic rings. The molecule has 0 spiro atoms. The van der Waals surface area contributed by atoms with Crippen LogP contribution in [0.3, 0.4) is 0 Å². The number of nitrogens with zero attached hydrogens (tertiary/aromatic N) is 2. The van der Waals surface area contributed by atoms with Gasteiger partial charge < -0.3 is 10.1 Å². The summed E-state index contributed by atoms with van der Waals surface area (Å²) in [5.41, 5.74) is -0.942. The number of aryl methyl sites for hydroxylation is 1. The van der Waals surface area contributed by atoms with E-state index in [2.05, 4.69) is 15.6 Å². The molecule has 1 fully saturated rings. The van der Waals surface area contributed by atoms with Gasteiger partial charge in [0.25, 0.3) is 17.4 Å². The minimum absolute atomic E-state index is 0.0571. The van der Waals surface area contributed by atoms with E-state index < -0.39 is 34.8 Å². The molecule has 2 N–H and O–H groups in total. The average molecular weight is 607 g/mol. The molecule has 4 aromatic rings. The van der Waals surface area contributed by atoms with Gasteiger partial charge in [-0.05, 0) is 54.8 Å². The number of benzene rings is 3. The van der Waals surface area contributed by atoms with Gasteiger partial charge in [-0.1, -0.05) is 59.6 Å². The van der Waals surface area contributed by atoms with Crippen LogP contribution in [0, 0.1) is 6.92 Å². The van der Waals surface area contributed by atoms with Crippen molar-refractivity contribution in [1.82, 2.24) is 20.2 Å². The van der Waals surface area contributed by atoms with E-state index in [-0.39, 0.29) is 42.2 Å². The summed E-state index contributed by atoms with van der Waals surface area (Å²) in [6.07, 6.45) is -0.463. The van der Waals surface area contributed by atoms with Crippen LogP contribution in [-0.4, -0.2) is 33.2 Å². The van der Waals surface area contributed by atoms with Crippen molar-refractivity contribution < 1.29 is 23.9 Å².